The lowest BCUT2D eigenvalue weighted by Gasteiger charge is -2.31. The van der Waals surface area contributed by atoms with Crippen molar-refractivity contribution in [2.45, 2.75) is 19.4 Å². The molecule has 0 spiro atoms. The van der Waals surface area contributed by atoms with Crippen LogP contribution in [0, 0.1) is 11.3 Å². The molecule has 3 N–H and O–H groups in total. The molecule has 1 atom stereocenters. The van der Waals surface area contributed by atoms with Crippen LogP contribution in [0.3, 0.4) is 0 Å². The van der Waals surface area contributed by atoms with Gasteiger partial charge in [0.2, 0.25) is 0 Å². The van der Waals surface area contributed by atoms with Crippen LogP contribution in [0.4, 0.5) is 4.79 Å². The topological polar surface area (TPSA) is 79.4 Å². The summed E-state index contributed by atoms with van der Waals surface area (Å²) < 4.78 is 5.27. The Kier molecular flexibility index (Phi) is 4.39. The quantitative estimate of drug-likeness (QED) is 0.645. The summed E-state index contributed by atoms with van der Waals surface area (Å²) >= 11 is 0. The summed E-state index contributed by atoms with van der Waals surface area (Å²) in [5, 5.41) is 7.46. The van der Waals surface area contributed by atoms with Crippen molar-refractivity contribution < 1.29 is 9.53 Å². The summed E-state index contributed by atoms with van der Waals surface area (Å²) in [6.07, 6.45) is 1.41. The first-order valence-corrected chi connectivity index (χ1v) is 6.46. The number of nitrogens with zero attached hydrogens (tertiary/aromatic N) is 1. The number of carbonyl (C=O) groups excluding carboxylic acids is 1. The smallest absolute Gasteiger partial charge is 0.410 e. The van der Waals surface area contributed by atoms with E-state index in [1.807, 2.05) is 30.3 Å². The zero-order valence-corrected chi connectivity index (χ0v) is 10.8. The molecule has 1 aromatic carbocycles. The molecule has 1 aliphatic heterocycles. The molecule has 0 bridgehead atoms. The van der Waals surface area contributed by atoms with E-state index in [-0.39, 0.29) is 24.5 Å². The summed E-state index contributed by atoms with van der Waals surface area (Å²) in [6.45, 7) is 1.45. The number of nitrogens with two attached hydrogens (primary N) is 1. The van der Waals surface area contributed by atoms with Gasteiger partial charge in [-0.05, 0) is 18.4 Å². The highest BCUT2D eigenvalue weighted by Crippen LogP contribution is 2.17. The molecule has 5 nitrogen and oxygen atoms in total. The Morgan fingerprint density at radius 2 is 2.16 bits per heavy atom. The van der Waals surface area contributed by atoms with Gasteiger partial charge in [-0.1, -0.05) is 30.3 Å². The number of piperidine rings is 1. The minimum atomic E-state index is -0.324. The van der Waals surface area contributed by atoms with Crippen LogP contribution in [0.25, 0.3) is 0 Å². The number of nitrogens with one attached hydrogen (secondary N) is 1. The number of ether oxygens (including phenoxy) is 1. The number of amides is 1. The lowest BCUT2D eigenvalue weighted by atomic mass is 9.97. The normalized spacial score (nSPS) is 18.9. The standard InChI is InChI=1S/C14H19N3O2/c15-13(16)12-7-4-8-17(9-12)14(18)19-10-11-5-2-1-3-6-11/h1-3,5-6,12H,4,7-10H2,(H3,15,16). The van der Waals surface area contributed by atoms with E-state index in [4.69, 9.17) is 15.9 Å². The minimum Gasteiger partial charge on any atom is -0.445 e. The number of hydrogen-bond donors (Lipinski definition) is 2. The van der Waals surface area contributed by atoms with E-state index in [2.05, 4.69) is 0 Å². The van der Waals surface area contributed by atoms with Crippen molar-refractivity contribution in [3.8, 4) is 0 Å². The van der Waals surface area contributed by atoms with Crippen LogP contribution in [0.1, 0.15) is 18.4 Å². The lowest BCUT2D eigenvalue weighted by Crippen LogP contribution is -2.44. The molecular formula is C14H19N3O2. The Morgan fingerprint density at radius 3 is 2.84 bits per heavy atom. The fraction of sp³-hybridized carbons (Fsp3) is 0.429. The molecule has 0 radical (unpaired) electrons. The monoisotopic (exact) mass is 261 g/mol. The minimum absolute atomic E-state index is 0.0296. The SMILES string of the molecule is N=C(N)C1CCCN(C(=O)OCc2ccccc2)C1. The second-order valence-electron chi connectivity index (χ2n) is 4.78. The number of hydrogen-bond acceptors (Lipinski definition) is 3. The van der Waals surface area contributed by atoms with Gasteiger partial charge in [0.1, 0.15) is 6.61 Å². The summed E-state index contributed by atoms with van der Waals surface area (Å²) in [4.78, 5) is 13.6. The molecule has 0 aliphatic carbocycles. The van der Waals surface area contributed by atoms with Gasteiger partial charge in [-0.2, -0.15) is 0 Å². The molecule has 1 unspecified atom stereocenters. The highest BCUT2D eigenvalue weighted by atomic mass is 16.6. The van der Waals surface area contributed by atoms with Crippen molar-refractivity contribution in [2.75, 3.05) is 13.1 Å². The molecule has 102 valence electrons. The fourth-order valence-corrected chi connectivity index (χ4v) is 2.21. The second kappa shape index (κ2) is 6.22. The molecule has 5 heteroatoms. The number of benzene rings is 1. The summed E-state index contributed by atoms with van der Waals surface area (Å²) in [5.41, 5.74) is 6.47. The van der Waals surface area contributed by atoms with E-state index in [1.54, 1.807) is 4.90 Å². The first-order chi connectivity index (χ1) is 9.16. The number of rotatable bonds is 3. The van der Waals surface area contributed by atoms with E-state index < -0.39 is 0 Å². The Bertz CT molecular complexity index is 447. The third kappa shape index (κ3) is 3.71. The van der Waals surface area contributed by atoms with Gasteiger partial charge in [0.05, 0.1) is 5.84 Å². The Balaban J connectivity index is 1.84. The maximum atomic E-state index is 11.9. The molecule has 2 rings (SSSR count). The van der Waals surface area contributed by atoms with Crippen molar-refractivity contribution in [1.82, 2.24) is 4.90 Å². The van der Waals surface area contributed by atoms with Gasteiger partial charge in [-0.15, -0.1) is 0 Å². The van der Waals surface area contributed by atoms with Crippen LogP contribution in [-0.4, -0.2) is 29.9 Å². The van der Waals surface area contributed by atoms with E-state index in [9.17, 15) is 4.79 Å². The molecule has 19 heavy (non-hydrogen) atoms. The molecule has 1 saturated heterocycles. The van der Waals surface area contributed by atoms with E-state index in [1.165, 1.54) is 0 Å². The van der Waals surface area contributed by atoms with Crippen molar-refractivity contribution in [2.24, 2.45) is 11.7 Å². The van der Waals surface area contributed by atoms with Gasteiger partial charge in [-0.3, -0.25) is 5.41 Å². The zero-order chi connectivity index (χ0) is 13.7. The lowest BCUT2D eigenvalue weighted by molar-refractivity contribution is 0.0849. The van der Waals surface area contributed by atoms with Crippen molar-refractivity contribution >= 4 is 11.9 Å². The average molecular weight is 261 g/mol. The van der Waals surface area contributed by atoms with E-state index >= 15 is 0 Å². The summed E-state index contributed by atoms with van der Waals surface area (Å²) in [5.74, 6) is 0.124. The molecule has 1 heterocycles. The van der Waals surface area contributed by atoms with Gasteiger partial charge in [0.15, 0.2) is 0 Å². The predicted octanol–water partition coefficient (Wildman–Crippen LogP) is 1.97. The number of amidine groups is 1. The van der Waals surface area contributed by atoms with Crippen LogP contribution >= 0.6 is 0 Å². The van der Waals surface area contributed by atoms with Gasteiger partial charge in [0, 0.05) is 19.0 Å². The Labute approximate surface area is 112 Å². The predicted molar refractivity (Wildman–Crippen MR) is 72.8 cm³/mol. The van der Waals surface area contributed by atoms with Gasteiger partial charge in [0.25, 0.3) is 0 Å². The van der Waals surface area contributed by atoms with Gasteiger partial charge in [-0.25, -0.2) is 4.79 Å². The van der Waals surface area contributed by atoms with Gasteiger partial charge >= 0.3 is 6.09 Å². The molecule has 0 aromatic heterocycles. The maximum Gasteiger partial charge on any atom is 0.410 e. The highest BCUT2D eigenvalue weighted by Gasteiger charge is 2.26. The second-order valence-corrected chi connectivity index (χ2v) is 4.78. The van der Waals surface area contributed by atoms with E-state index in [0.29, 0.717) is 13.1 Å². The van der Waals surface area contributed by atoms with Crippen LogP contribution in [0.5, 0.6) is 0 Å². The first kappa shape index (κ1) is 13.4. The molecule has 1 amide bonds. The number of likely N-dealkylation sites (tertiary alicyclic amines) is 1. The van der Waals surface area contributed by atoms with Crippen molar-refractivity contribution in [1.29, 1.82) is 5.41 Å². The summed E-state index contributed by atoms with van der Waals surface area (Å²) in [6, 6.07) is 9.59. The Hall–Kier alpha value is -2.04. The zero-order valence-electron chi connectivity index (χ0n) is 10.8. The fourth-order valence-electron chi connectivity index (χ4n) is 2.21. The van der Waals surface area contributed by atoms with Crippen LogP contribution in [0.15, 0.2) is 30.3 Å². The summed E-state index contributed by atoms with van der Waals surface area (Å²) in [7, 11) is 0. The molecule has 0 saturated carbocycles. The first-order valence-electron chi connectivity index (χ1n) is 6.46. The van der Waals surface area contributed by atoms with Crippen LogP contribution in [0.2, 0.25) is 0 Å². The van der Waals surface area contributed by atoms with Crippen LogP contribution < -0.4 is 5.73 Å². The molecular weight excluding hydrogens is 242 g/mol. The average Bonchev–Trinajstić information content (AvgIpc) is 2.46. The molecule has 1 aliphatic rings. The van der Waals surface area contributed by atoms with Crippen molar-refractivity contribution in [3.05, 3.63) is 35.9 Å². The molecule has 1 fully saturated rings. The third-order valence-corrected chi connectivity index (χ3v) is 3.32. The van der Waals surface area contributed by atoms with Crippen LogP contribution in [-0.2, 0) is 11.3 Å². The third-order valence-electron chi connectivity index (χ3n) is 3.32. The molecule has 1 aromatic rings. The van der Waals surface area contributed by atoms with Crippen molar-refractivity contribution in [3.63, 3.8) is 0 Å². The van der Waals surface area contributed by atoms with E-state index in [0.717, 1.165) is 18.4 Å². The van der Waals surface area contributed by atoms with Gasteiger partial charge < -0.3 is 15.4 Å². The number of carbonyl (C=O) groups is 1. The maximum absolute atomic E-state index is 11.9. The highest BCUT2D eigenvalue weighted by molar-refractivity contribution is 5.80. The Morgan fingerprint density at radius 1 is 1.42 bits per heavy atom. The largest absolute Gasteiger partial charge is 0.445 e.